The van der Waals surface area contributed by atoms with E-state index < -0.39 is 0 Å². The first-order chi connectivity index (χ1) is 7.70. The molecule has 1 spiro atoms. The van der Waals surface area contributed by atoms with Crippen LogP contribution in [0.4, 0.5) is 0 Å². The van der Waals surface area contributed by atoms with Crippen LogP contribution in [0.1, 0.15) is 32.6 Å². The normalized spacial score (nSPS) is 35.9. The number of carbonyl (C=O) groups is 1. The Labute approximate surface area is 97.6 Å². The molecular formula is C13H22N2O. The third-order valence-corrected chi connectivity index (χ3v) is 4.80. The average molecular weight is 222 g/mol. The lowest BCUT2D eigenvalue weighted by Gasteiger charge is -2.24. The smallest absolute Gasteiger partial charge is 0.225 e. The van der Waals surface area contributed by atoms with Gasteiger partial charge in [0.15, 0.2) is 0 Å². The van der Waals surface area contributed by atoms with Gasteiger partial charge in [-0.15, -0.1) is 0 Å². The van der Waals surface area contributed by atoms with Crippen LogP contribution in [0.5, 0.6) is 0 Å². The molecular weight excluding hydrogens is 200 g/mol. The van der Waals surface area contributed by atoms with E-state index in [9.17, 15) is 4.79 Å². The van der Waals surface area contributed by atoms with Gasteiger partial charge in [0.2, 0.25) is 5.91 Å². The van der Waals surface area contributed by atoms with Gasteiger partial charge in [0.05, 0.1) is 0 Å². The van der Waals surface area contributed by atoms with Crippen molar-refractivity contribution in [2.24, 2.45) is 17.3 Å². The van der Waals surface area contributed by atoms with Crippen molar-refractivity contribution in [3.8, 4) is 0 Å². The molecule has 2 unspecified atom stereocenters. The molecule has 0 bridgehead atoms. The zero-order valence-corrected chi connectivity index (χ0v) is 10.2. The van der Waals surface area contributed by atoms with Crippen molar-refractivity contribution >= 4 is 5.91 Å². The first kappa shape index (κ1) is 10.6. The summed E-state index contributed by atoms with van der Waals surface area (Å²) in [5.41, 5.74) is 0.429. The molecule has 0 aromatic rings. The lowest BCUT2D eigenvalue weighted by molar-refractivity contribution is -0.134. The van der Waals surface area contributed by atoms with Crippen molar-refractivity contribution in [1.82, 2.24) is 10.2 Å². The highest BCUT2D eigenvalue weighted by Gasteiger charge is 2.44. The number of hydrogen-bond acceptors (Lipinski definition) is 2. The molecule has 90 valence electrons. The molecule has 3 rings (SSSR count). The molecule has 1 saturated carbocycles. The van der Waals surface area contributed by atoms with Crippen LogP contribution < -0.4 is 5.32 Å². The fraction of sp³-hybridized carbons (Fsp3) is 0.923. The summed E-state index contributed by atoms with van der Waals surface area (Å²) in [5, 5.41) is 3.44. The maximum Gasteiger partial charge on any atom is 0.225 e. The Balaban J connectivity index is 1.62. The molecule has 1 amide bonds. The largest absolute Gasteiger partial charge is 0.342 e. The van der Waals surface area contributed by atoms with Crippen LogP contribution >= 0.6 is 0 Å². The third kappa shape index (κ3) is 1.75. The van der Waals surface area contributed by atoms with Gasteiger partial charge in [-0.3, -0.25) is 4.79 Å². The number of likely N-dealkylation sites (tertiary alicyclic amines) is 1. The van der Waals surface area contributed by atoms with Gasteiger partial charge in [-0.25, -0.2) is 0 Å². The standard InChI is InChI=1S/C13H22N2O/c1-10(11-2-3-11)12(16)15-7-5-13(9-15)4-6-14-8-13/h10-11,14H,2-9H2,1H3. The summed E-state index contributed by atoms with van der Waals surface area (Å²) in [6, 6.07) is 0. The van der Waals surface area contributed by atoms with Gasteiger partial charge in [0, 0.05) is 31.0 Å². The molecule has 2 saturated heterocycles. The summed E-state index contributed by atoms with van der Waals surface area (Å²) in [6.45, 7) is 6.39. The molecule has 1 N–H and O–H groups in total. The Morgan fingerprint density at radius 3 is 2.88 bits per heavy atom. The molecule has 0 aromatic heterocycles. The second kappa shape index (κ2) is 3.73. The summed E-state index contributed by atoms with van der Waals surface area (Å²) < 4.78 is 0. The first-order valence-corrected chi connectivity index (χ1v) is 6.70. The second-order valence-corrected chi connectivity index (χ2v) is 6.06. The molecule has 2 atom stereocenters. The van der Waals surface area contributed by atoms with Crippen LogP contribution in [0.25, 0.3) is 0 Å². The lowest BCUT2D eigenvalue weighted by Crippen LogP contribution is -2.36. The molecule has 1 aliphatic carbocycles. The van der Waals surface area contributed by atoms with Crippen molar-refractivity contribution < 1.29 is 4.79 Å². The molecule has 3 heteroatoms. The van der Waals surface area contributed by atoms with E-state index >= 15 is 0 Å². The van der Waals surface area contributed by atoms with Gasteiger partial charge >= 0.3 is 0 Å². The van der Waals surface area contributed by atoms with Crippen LogP contribution in [0, 0.1) is 17.3 Å². The van der Waals surface area contributed by atoms with Gasteiger partial charge in [-0.1, -0.05) is 6.92 Å². The number of carbonyl (C=O) groups excluding carboxylic acids is 1. The van der Waals surface area contributed by atoms with Gasteiger partial charge in [0.1, 0.15) is 0 Å². The van der Waals surface area contributed by atoms with E-state index in [2.05, 4.69) is 17.1 Å². The van der Waals surface area contributed by atoms with Gasteiger partial charge in [-0.2, -0.15) is 0 Å². The van der Waals surface area contributed by atoms with Crippen LogP contribution in [-0.2, 0) is 4.79 Å². The van der Waals surface area contributed by atoms with Crippen molar-refractivity contribution in [2.45, 2.75) is 32.6 Å². The number of nitrogens with one attached hydrogen (secondary N) is 1. The molecule has 0 aromatic carbocycles. The summed E-state index contributed by atoms with van der Waals surface area (Å²) in [4.78, 5) is 14.4. The first-order valence-electron chi connectivity index (χ1n) is 6.70. The SMILES string of the molecule is CC(C(=O)N1CCC2(CCNC2)C1)C1CC1. The second-order valence-electron chi connectivity index (χ2n) is 6.06. The van der Waals surface area contributed by atoms with Crippen molar-refractivity contribution in [3.05, 3.63) is 0 Å². The molecule has 0 radical (unpaired) electrons. The molecule has 2 heterocycles. The minimum atomic E-state index is 0.282. The zero-order chi connectivity index (χ0) is 11.2. The summed E-state index contributed by atoms with van der Waals surface area (Å²) in [7, 11) is 0. The predicted molar refractivity (Wildman–Crippen MR) is 63.0 cm³/mol. The van der Waals surface area contributed by atoms with E-state index in [4.69, 9.17) is 0 Å². The molecule has 3 fully saturated rings. The minimum absolute atomic E-state index is 0.282. The Morgan fingerprint density at radius 2 is 2.25 bits per heavy atom. The highest BCUT2D eigenvalue weighted by molar-refractivity contribution is 5.79. The monoisotopic (exact) mass is 222 g/mol. The van der Waals surface area contributed by atoms with E-state index in [-0.39, 0.29) is 5.92 Å². The van der Waals surface area contributed by atoms with E-state index in [1.165, 1.54) is 25.7 Å². The van der Waals surface area contributed by atoms with Crippen molar-refractivity contribution in [2.75, 3.05) is 26.2 Å². The molecule has 3 aliphatic rings. The average Bonchev–Trinajstić information content (AvgIpc) is 2.92. The minimum Gasteiger partial charge on any atom is -0.342 e. The van der Waals surface area contributed by atoms with Crippen LogP contribution in [0.15, 0.2) is 0 Å². The fourth-order valence-corrected chi connectivity index (χ4v) is 3.35. The van der Waals surface area contributed by atoms with E-state index in [1.54, 1.807) is 0 Å². The molecule has 2 aliphatic heterocycles. The lowest BCUT2D eigenvalue weighted by atomic mass is 9.86. The number of amides is 1. The van der Waals surface area contributed by atoms with Crippen LogP contribution in [-0.4, -0.2) is 37.0 Å². The quantitative estimate of drug-likeness (QED) is 0.762. The topological polar surface area (TPSA) is 32.3 Å². The maximum absolute atomic E-state index is 12.3. The summed E-state index contributed by atoms with van der Waals surface area (Å²) in [5.74, 6) is 1.40. The fourth-order valence-electron chi connectivity index (χ4n) is 3.35. The Morgan fingerprint density at radius 1 is 1.44 bits per heavy atom. The molecule has 3 nitrogen and oxygen atoms in total. The maximum atomic E-state index is 12.3. The van der Waals surface area contributed by atoms with E-state index in [1.807, 2.05) is 0 Å². The predicted octanol–water partition coefficient (Wildman–Crippen LogP) is 1.24. The summed E-state index contributed by atoms with van der Waals surface area (Å²) >= 11 is 0. The highest BCUT2D eigenvalue weighted by Crippen LogP contribution is 2.40. The summed E-state index contributed by atoms with van der Waals surface area (Å²) in [6.07, 6.45) is 5.01. The van der Waals surface area contributed by atoms with E-state index in [0.717, 1.165) is 26.2 Å². The number of rotatable bonds is 2. The van der Waals surface area contributed by atoms with Crippen LogP contribution in [0.3, 0.4) is 0 Å². The Bertz CT molecular complexity index is 292. The van der Waals surface area contributed by atoms with Gasteiger partial charge in [0.25, 0.3) is 0 Å². The van der Waals surface area contributed by atoms with Crippen LogP contribution in [0.2, 0.25) is 0 Å². The molecule has 16 heavy (non-hydrogen) atoms. The Kier molecular flexibility index (Phi) is 2.46. The number of hydrogen-bond donors (Lipinski definition) is 1. The number of nitrogens with zero attached hydrogens (tertiary/aromatic N) is 1. The Hall–Kier alpha value is -0.570. The van der Waals surface area contributed by atoms with Gasteiger partial charge in [-0.05, 0) is 38.1 Å². The van der Waals surface area contributed by atoms with E-state index in [0.29, 0.717) is 17.2 Å². The third-order valence-electron chi connectivity index (χ3n) is 4.80. The highest BCUT2D eigenvalue weighted by atomic mass is 16.2. The van der Waals surface area contributed by atoms with Crippen molar-refractivity contribution in [3.63, 3.8) is 0 Å². The van der Waals surface area contributed by atoms with Crippen molar-refractivity contribution in [1.29, 1.82) is 0 Å². The zero-order valence-electron chi connectivity index (χ0n) is 10.2. The van der Waals surface area contributed by atoms with Gasteiger partial charge < -0.3 is 10.2 Å².